The quantitative estimate of drug-likeness (QED) is 0.493. The molecule has 1 amide bonds. The van der Waals surface area contributed by atoms with Gasteiger partial charge in [0.1, 0.15) is 11.6 Å². The number of nitrogen functional groups attached to an aromatic ring is 1. The van der Waals surface area contributed by atoms with Crippen molar-refractivity contribution in [2.75, 3.05) is 23.7 Å². The summed E-state index contributed by atoms with van der Waals surface area (Å²) in [6.45, 7) is 3.12. The van der Waals surface area contributed by atoms with E-state index in [1.807, 2.05) is 31.4 Å². The van der Waals surface area contributed by atoms with E-state index in [0.717, 1.165) is 36.3 Å². The zero-order valence-electron chi connectivity index (χ0n) is 17.9. The molecule has 11 nitrogen and oxygen atoms in total. The molecule has 0 saturated carbocycles. The predicted octanol–water partition coefficient (Wildman–Crippen LogP) is 1.27. The number of carbonyl (C=O) groups is 1. The molecular weight excluding hydrogens is 408 g/mol. The van der Waals surface area contributed by atoms with Crippen LogP contribution in [0.4, 0.5) is 11.6 Å². The number of fused-ring (bicyclic) bond motifs is 1. The first-order chi connectivity index (χ1) is 15.5. The molecule has 1 unspecified atom stereocenters. The molecule has 164 valence electrons. The van der Waals surface area contributed by atoms with Gasteiger partial charge in [0.25, 0.3) is 0 Å². The van der Waals surface area contributed by atoms with Crippen molar-refractivity contribution in [2.24, 2.45) is 7.05 Å². The van der Waals surface area contributed by atoms with E-state index >= 15 is 0 Å². The molecular formula is C21H24N10O. The first-order valence-corrected chi connectivity index (χ1v) is 10.5. The average Bonchev–Trinajstić information content (AvgIpc) is 3.40. The van der Waals surface area contributed by atoms with Crippen molar-refractivity contribution in [2.45, 2.75) is 25.8 Å². The van der Waals surface area contributed by atoms with Crippen molar-refractivity contribution in [3.05, 3.63) is 36.8 Å². The smallest absolute Gasteiger partial charge is 0.217 e. The van der Waals surface area contributed by atoms with Crippen LogP contribution in [0.25, 0.3) is 28.2 Å². The molecule has 4 aromatic heterocycles. The van der Waals surface area contributed by atoms with Gasteiger partial charge in [-0.3, -0.25) is 9.48 Å². The highest BCUT2D eigenvalue weighted by Crippen LogP contribution is 2.29. The maximum absolute atomic E-state index is 11.5. The van der Waals surface area contributed by atoms with Crippen LogP contribution >= 0.6 is 0 Å². The van der Waals surface area contributed by atoms with Gasteiger partial charge < -0.3 is 16.0 Å². The topological polar surface area (TPSA) is 132 Å². The summed E-state index contributed by atoms with van der Waals surface area (Å²) in [6.07, 6.45) is 7.34. The van der Waals surface area contributed by atoms with Crippen LogP contribution in [0, 0.1) is 0 Å². The fraction of sp³-hybridized carbons (Fsp3) is 0.333. The van der Waals surface area contributed by atoms with Crippen molar-refractivity contribution >= 4 is 23.2 Å². The van der Waals surface area contributed by atoms with Crippen LogP contribution in [-0.2, 0) is 11.8 Å². The lowest BCUT2D eigenvalue weighted by atomic mass is 10.1. The number of amides is 1. The van der Waals surface area contributed by atoms with Crippen LogP contribution in [0.5, 0.6) is 0 Å². The van der Waals surface area contributed by atoms with Gasteiger partial charge >= 0.3 is 0 Å². The minimum Gasteiger partial charge on any atom is -0.383 e. The van der Waals surface area contributed by atoms with E-state index in [4.69, 9.17) is 10.8 Å². The van der Waals surface area contributed by atoms with E-state index < -0.39 is 0 Å². The van der Waals surface area contributed by atoms with Crippen LogP contribution in [0.3, 0.4) is 0 Å². The minimum atomic E-state index is -0.0159. The molecule has 4 aromatic rings. The number of anilines is 2. The van der Waals surface area contributed by atoms with Gasteiger partial charge in [-0.15, -0.1) is 15.3 Å². The Morgan fingerprint density at radius 2 is 2.09 bits per heavy atom. The number of aryl methyl sites for hydroxylation is 1. The third kappa shape index (κ3) is 3.72. The number of aromatic nitrogens is 7. The highest BCUT2D eigenvalue weighted by molar-refractivity contribution is 5.76. The Hall–Kier alpha value is -4.02. The van der Waals surface area contributed by atoms with Crippen LogP contribution < -0.4 is 16.0 Å². The van der Waals surface area contributed by atoms with Gasteiger partial charge in [-0.1, -0.05) is 0 Å². The van der Waals surface area contributed by atoms with Crippen molar-refractivity contribution in [3.63, 3.8) is 0 Å². The van der Waals surface area contributed by atoms with Crippen molar-refractivity contribution < 1.29 is 4.79 Å². The summed E-state index contributed by atoms with van der Waals surface area (Å²) in [6, 6.07) is 5.85. The summed E-state index contributed by atoms with van der Waals surface area (Å²) in [4.78, 5) is 18.0. The number of nitrogens with two attached hydrogens (primary N) is 1. The summed E-state index contributed by atoms with van der Waals surface area (Å²) in [5, 5.41) is 20.6. The molecule has 1 fully saturated rings. The Kier molecular flexibility index (Phi) is 4.92. The normalized spacial score (nSPS) is 16.4. The summed E-state index contributed by atoms with van der Waals surface area (Å²) in [5.74, 6) is 1.65. The van der Waals surface area contributed by atoms with E-state index in [1.54, 1.807) is 28.5 Å². The lowest BCUT2D eigenvalue weighted by Gasteiger charge is -2.33. The standard InChI is InChI=1S/C21H24N10O/c1-13(32)25-16-4-3-7-30(12-16)19-6-5-18-26-27-21(31(18)28-19)17-8-14(9-23-20(17)22)15-10-24-29(2)11-15/h5-6,8-11,16H,3-4,7,12H2,1-2H3,(H2,22,23)(H,25,32). The molecule has 32 heavy (non-hydrogen) atoms. The van der Waals surface area contributed by atoms with Crippen molar-refractivity contribution in [3.8, 4) is 22.5 Å². The molecule has 0 bridgehead atoms. The van der Waals surface area contributed by atoms with Crippen LogP contribution in [0.1, 0.15) is 19.8 Å². The minimum absolute atomic E-state index is 0.0159. The Labute approximate surface area is 184 Å². The van der Waals surface area contributed by atoms with E-state index in [-0.39, 0.29) is 11.9 Å². The molecule has 5 heterocycles. The second kappa shape index (κ2) is 7.91. The number of pyridine rings is 1. The number of hydrogen-bond donors (Lipinski definition) is 2. The second-order valence-corrected chi connectivity index (χ2v) is 8.03. The van der Waals surface area contributed by atoms with Gasteiger partial charge in [0, 0.05) is 56.6 Å². The van der Waals surface area contributed by atoms with E-state index in [9.17, 15) is 4.79 Å². The molecule has 5 rings (SSSR count). The summed E-state index contributed by atoms with van der Waals surface area (Å²) in [7, 11) is 1.86. The molecule has 0 spiro atoms. The summed E-state index contributed by atoms with van der Waals surface area (Å²) < 4.78 is 3.43. The molecule has 3 N–H and O–H groups in total. The van der Waals surface area contributed by atoms with Crippen LogP contribution in [0.15, 0.2) is 36.8 Å². The zero-order chi connectivity index (χ0) is 22.2. The first-order valence-electron chi connectivity index (χ1n) is 10.5. The molecule has 1 atom stereocenters. The molecule has 0 aliphatic carbocycles. The zero-order valence-corrected chi connectivity index (χ0v) is 17.9. The first kappa shape index (κ1) is 19.9. The number of carbonyl (C=O) groups excluding carboxylic acids is 1. The lowest BCUT2D eigenvalue weighted by molar-refractivity contribution is -0.119. The molecule has 11 heteroatoms. The van der Waals surface area contributed by atoms with E-state index in [2.05, 4.69) is 30.5 Å². The van der Waals surface area contributed by atoms with Crippen LogP contribution in [0.2, 0.25) is 0 Å². The highest BCUT2D eigenvalue weighted by Gasteiger charge is 2.23. The monoisotopic (exact) mass is 432 g/mol. The average molecular weight is 432 g/mol. The Morgan fingerprint density at radius 1 is 1.22 bits per heavy atom. The second-order valence-electron chi connectivity index (χ2n) is 8.03. The fourth-order valence-electron chi connectivity index (χ4n) is 4.09. The summed E-state index contributed by atoms with van der Waals surface area (Å²) >= 11 is 0. The third-order valence-corrected chi connectivity index (χ3v) is 5.60. The molecule has 1 aliphatic heterocycles. The fourth-order valence-corrected chi connectivity index (χ4v) is 4.09. The van der Waals surface area contributed by atoms with Gasteiger partial charge in [0.15, 0.2) is 11.5 Å². The SMILES string of the molecule is CC(=O)NC1CCCN(c2ccc3nnc(-c4cc(-c5cnn(C)c5)cnc4N)n3n2)C1. The molecule has 0 radical (unpaired) electrons. The van der Waals surface area contributed by atoms with E-state index in [0.29, 0.717) is 29.4 Å². The maximum Gasteiger partial charge on any atom is 0.217 e. The Morgan fingerprint density at radius 3 is 2.88 bits per heavy atom. The number of rotatable bonds is 4. The van der Waals surface area contributed by atoms with Gasteiger partial charge in [-0.05, 0) is 31.0 Å². The highest BCUT2D eigenvalue weighted by atomic mass is 16.1. The number of hydrogen-bond acceptors (Lipinski definition) is 8. The number of nitrogens with one attached hydrogen (secondary N) is 1. The largest absolute Gasteiger partial charge is 0.383 e. The maximum atomic E-state index is 11.5. The Balaban J connectivity index is 1.52. The lowest BCUT2D eigenvalue weighted by Crippen LogP contribution is -2.47. The number of piperidine rings is 1. The molecule has 1 saturated heterocycles. The predicted molar refractivity (Wildman–Crippen MR) is 120 cm³/mol. The number of nitrogens with zero attached hydrogens (tertiary/aromatic N) is 8. The molecule has 1 aliphatic rings. The Bertz CT molecular complexity index is 1290. The van der Waals surface area contributed by atoms with Gasteiger partial charge in [-0.25, -0.2) is 4.98 Å². The molecule has 0 aromatic carbocycles. The van der Waals surface area contributed by atoms with Crippen LogP contribution in [-0.4, -0.2) is 59.6 Å². The van der Waals surface area contributed by atoms with Gasteiger partial charge in [0.05, 0.1) is 11.8 Å². The van der Waals surface area contributed by atoms with E-state index in [1.165, 1.54) is 0 Å². The third-order valence-electron chi connectivity index (χ3n) is 5.60. The van der Waals surface area contributed by atoms with Crippen molar-refractivity contribution in [1.82, 2.24) is 39.9 Å². The van der Waals surface area contributed by atoms with Crippen molar-refractivity contribution in [1.29, 1.82) is 0 Å². The van der Waals surface area contributed by atoms with Gasteiger partial charge in [0.2, 0.25) is 5.91 Å². The van der Waals surface area contributed by atoms with Gasteiger partial charge in [-0.2, -0.15) is 9.61 Å². The summed E-state index contributed by atoms with van der Waals surface area (Å²) in [5.41, 5.74) is 9.29.